The van der Waals surface area contributed by atoms with E-state index in [4.69, 9.17) is 4.74 Å². The van der Waals surface area contributed by atoms with Gasteiger partial charge in [0.05, 0.1) is 16.0 Å². The average molecular weight is 312 g/mol. The van der Waals surface area contributed by atoms with E-state index >= 15 is 0 Å². The van der Waals surface area contributed by atoms with E-state index in [0.29, 0.717) is 6.61 Å². The lowest BCUT2D eigenvalue weighted by Gasteiger charge is -2.17. The predicted octanol–water partition coefficient (Wildman–Crippen LogP) is 5.04. The minimum Gasteiger partial charge on any atom is -0.358 e. The molecule has 120 valence electrons. The van der Waals surface area contributed by atoms with Crippen molar-refractivity contribution in [1.29, 1.82) is 0 Å². The monoisotopic (exact) mass is 312 g/mol. The largest absolute Gasteiger partial charge is 0.358 e. The summed E-state index contributed by atoms with van der Waals surface area (Å²) in [6.45, 7) is 4.86. The zero-order valence-corrected chi connectivity index (χ0v) is 13.4. The van der Waals surface area contributed by atoms with Crippen molar-refractivity contribution in [3.8, 4) is 0 Å². The lowest BCUT2D eigenvalue weighted by Crippen LogP contribution is -2.10. The minimum absolute atomic E-state index is 0.111. The molecule has 5 heteroatoms. The quantitative estimate of drug-likeness (QED) is 0.364. The summed E-state index contributed by atoms with van der Waals surface area (Å²) in [7, 11) is 0. The number of aromatic nitrogens is 1. The molecule has 0 radical (unpaired) electrons. The van der Waals surface area contributed by atoms with Crippen molar-refractivity contribution in [3.63, 3.8) is 0 Å². The number of ether oxygens (including phenoxy) is 1. The van der Waals surface area contributed by atoms with Gasteiger partial charge in [-0.25, -0.2) is 0 Å². The fraction of sp³-hybridized carbons (Fsp3) is 0.333. The molecule has 0 saturated heterocycles. The fourth-order valence-electron chi connectivity index (χ4n) is 2.97. The van der Waals surface area contributed by atoms with Crippen molar-refractivity contribution in [3.05, 3.63) is 52.6 Å². The number of nitrogens with zero attached hydrogens (tertiary/aromatic N) is 2. The van der Waals surface area contributed by atoms with E-state index in [9.17, 15) is 10.1 Å². The summed E-state index contributed by atoms with van der Waals surface area (Å²) in [5.74, 6) is 0. The third-order valence-electron chi connectivity index (χ3n) is 4.12. The standard InChI is InChI=1S/C18H20N2O3/c1-3-4-11-23-13(2)19-17-8-6-5-7-15(17)16-12-14(20(21)22)9-10-18(16)19/h5-10,12-13H,3-4,11H2,1-2H3. The number of benzene rings is 2. The second-order valence-electron chi connectivity index (χ2n) is 5.67. The molecule has 2 aromatic carbocycles. The molecule has 3 aromatic rings. The maximum atomic E-state index is 11.1. The first-order valence-electron chi connectivity index (χ1n) is 7.92. The van der Waals surface area contributed by atoms with Crippen molar-refractivity contribution >= 4 is 27.5 Å². The Morgan fingerprint density at radius 2 is 1.91 bits per heavy atom. The molecule has 3 rings (SSSR count). The molecule has 0 saturated carbocycles. The van der Waals surface area contributed by atoms with Crippen molar-refractivity contribution in [2.24, 2.45) is 0 Å². The maximum absolute atomic E-state index is 11.1. The molecule has 0 N–H and O–H groups in total. The van der Waals surface area contributed by atoms with E-state index in [1.54, 1.807) is 12.1 Å². The number of unbranched alkanes of at least 4 members (excludes halogenated alkanes) is 1. The highest BCUT2D eigenvalue weighted by atomic mass is 16.6. The number of hydrogen-bond donors (Lipinski definition) is 0. The van der Waals surface area contributed by atoms with Crippen LogP contribution in [0.1, 0.15) is 32.9 Å². The molecule has 0 aliphatic rings. The van der Waals surface area contributed by atoms with Crippen LogP contribution in [0.2, 0.25) is 0 Å². The Balaban J connectivity index is 2.16. The van der Waals surface area contributed by atoms with Crippen LogP contribution in [0.4, 0.5) is 5.69 Å². The van der Waals surface area contributed by atoms with E-state index in [1.165, 1.54) is 0 Å². The van der Waals surface area contributed by atoms with Gasteiger partial charge in [-0.3, -0.25) is 10.1 Å². The van der Waals surface area contributed by atoms with Crippen LogP contribution >= 0.6 is 0 Å². The van der Waals surface area contributed by atoms with Crippen molar-refractivity contribution < 1.29 is 9.66 Å². The van der Waals surface area contributed by atoms with Crippen LogP contribution in [0, 0.1) is 10.1 Å². The van der Waals surface area contributed by atoms with Gasteiger partial charge in [0.1, 0.15) is 6.23 Å². The molecule has 0 fully saturated rings. The van der Waals surface area contributed by atoms with Gasteiger partial charge in [0, 0.05) is 29.5 Å². The number of non-ortho nitro benzene ring substituents is 1. The van der Waals surface area contributed by atoms with Crippen LogP contribution in [-0.4, -0.2) is 16.1 Å². The fourth-order valence-corrected chi connectivity index (χ4v) is 2.97. The van der Waals surface area contributed by atoms with Gasteiger partial charge in [0.15, 0.2) is 0 Å². The van der Waals surface area contributed by atoms with Gasteiger partial charge >= 0.3 is 0 Å². The molecule has 0 aliphatic carbocycles. The highest BCUT2D eigenvalue weighted by Crippen LogP contribution is 2.34. The topological polar surface area (TPSA) is 57.3 Å². The van der Waals surface area contributed by atoms with E-state index in [-0.39, 0.29) is 16.8 Å². The van der Waals surface area contributed by atoms with Gasteiger partial charge in [0.2, 0.25) is 0 Å². The second-order valence-corrected chi connectivity index (χ2v) is 5.67. The second kappa shape index (κ2) is 6.38. The summed E-state index contributed by atoms with van der Waals surface area (Å²) in [6.07, 6.45) is 1.99. The van der Waals surface area contributed by atoms with E-state index in [0.717, 1.165) is 34.6 Å². The number of fused-ring (bicyclic) bond motifs is 3. The highest BCUT2D eigenvalue weighted by molar-refractivity contribution is 6.08. The molecule has 0 aliphatic heterocycles. The van der Waals surface area contributed by atoms with E-state index in [1.807, 2.05) is 37.3 Å². The predicted molar refractivity (Wildman–Crippen MR) is 91.7 cm³/mol. The van der Waals surface area contributed by atoms with E-state index in [2.05, 4.69) is 11.5 Å². The summed E-state index contributed by atoms with van der Waals surface area (Å²) in [5, 5.41) is 13.0. The first kappa shape index (κ1) is 15.5. The Hall–Kier alpha value is -2.40. The molecule has 5 nitrogen and oxygen atoms in total. The van der Waals surface area contributed by atoms with Crippen molar-refractivity contribution in [1.82, 2.24) is 4.57 Å². The Morgan fingerprint density at radius 1 is 1.17 bits per heavy atom. The summed E-state index contributed by atoms with van der Waals surface area (Å²) in [6, 6.07) is 13.0. The molecular formula is C18H20N2O3. The first-order valence-corrected chi connectivity index (χ1v) is 7.92. The Kier molecular flexibility index (Phi) is 4.30. The van der Waals surface area contributed by atoms with E-state index < -0.39 is 0 Å². The zero-order valence-electron chi connectivity index (χ0n) is 13.4. The molecule has 1 heterocycles. The first-order chi connectivity index (χ1) is 11.1. The molecule has 0 amide bonds. The normalized spacial score (nSPS) is 12.8. The van der Waals surface area contributed by atoms with Gasteiger partial charge in [0.25, 0.3) is 5.69 Å². The molecule has 1 atom stereocenters. The van der Waals surface area contributed by atoms with Gasteiger partial charge in [-0.1, -0.05) is 31.5 Å². The van der Waals surface area contributed by atoms with Gasteiger partial charge in [-0.2, -0.15) is 0 Å². The summed E-state index contributed by atoms with van der Waals surface area (Å²) in [5.41, 5.74) is 2.10. The van der Waals surface area contributed by atoms with Crippen LogP contribution in [0.3, 0.4) is 0 Å². The molecule has 1 unspecified atom stereocenters. The van der Waals surface area contributed by atoms with Crippen LogP contribution in [0.5, 0.6) is 0 Å². The third-order valence-corrected chi connectivity index (χ3v) is 4.12. The lowest BCUT2D eigenvalue weighted by atomic mass is 10.1. The molecule has 23 heavy (non-hydrogen) atoms. The average Bonchev–Trinajstić information content (AvgIpc) is 2.88. The van der Waals surface area contributed by atoms with Gasteiger partial charge < -0.3 is 9.30 Å². The minimum atomic E-state index is -0.354. The lowest BCUT2D eigenvalue weighted by molar-refractivity contribution is -0.384. The van der Waals surface area contributed by atoms with Crippen molar-refractivity contribution in [2.75, 3.05) is 6.61 Å². The smallest absolute Gasteiger partial charge is 0.270 e. The van der Waals surface area contributed by atoms with Gasteiger partial charge in [-0.05, 0) is 25.5 Å². The number of rotatable bonds is 6. The Bertz CT molecular complexity index is 854. The highest BCUT2D eigenvalue weighted by Gasteiger charge is 2.17. The molecule has 0 spiro atoms. The Morgan fingerprint density at radius 3 is 2.65 bits per heavy atom. The van der Waals surface area contributed by atoms with Crippen LogP contribution in [0.25, 0.3) is 21.8 Å². The van der Waals surface area contributed by atoms with Crippen LogP contribution in [-0.2, 0) is 4.74 Å². The molecule has 0 bridgehead atoms. The maximum Gasteiger partial charge on any atom is 0.270 e. The molecular weight excluding hydrogens is 292 g/mol. The van der Waals surface area contributed by atoms with Crippen molar-refractivity contribution in [2.45, 2.75) is 32.9 Å². The molecule has 1 aromatic heterocycles. The number of hydrogen-bond acceptors (Lipinski definition) is 3. The van der Waals surface area contributed by atoms with Gasteiger partial charge in [-0.15, -0.1) is 0 Å². The summed E-state index contributed by atoms with van der Waals surface area (Å²) >= 11 is 0. The van der Waals surface area contributed by atoms with Crippen LogP contribution < -0.4 is 0 Å². The van der Waals surface area contributed by atoms with Crippen LogP contribution in [0.15, 0.2) is 42.5 Å². The third kappa shape index (κ3) is 2.80. The summed E-state index contributed by atoms with van der Waals surface area (Å²) < 4.78 is 8.06. The Labute approximate surface area is 134 Å². The SMILES string of the molecule is CCCCOC(C)n1c2ccccc2c2cc([N+](=O)[O-])ccc21. The number of nitro groups is 1. The zero-order chi connectivity index (χ0) is 16.4. The summed E-state index contributed by atoms with van der Waals surface area (Å²) in [4.78, 5) is 10.7. The number of nitro benzene ring substituents is 1. The number of para-hydroxylation sites is 1.